The molecule has 28 heavy (non-hydrogen) atoms. The third kappa shape index (κ3) is 5.79. The first-order chi connectivity index (χ1) is 13.8. The number of benzene rings is 3. The molecule has 0 spiro atoms. The number of thioether (sulfide) groups is 1. The Bertz CT molecular complexity index is 882. The van der Waals surface area contributed by atoms with E-state index in [0.29, 0.717) is 31.1 Å². The molecule has 1 N–H and O–H groups in total. The molecule has 5 heteroatoms. The van der Waals surface area contributed by atoms with Gasteiger partial charge in [-0.1, -0.05) is 42.5 Å². The van der Waals surface area contributed by atoms with Gasteiger partial charge in [0.1, 0.15) is 24.7 Å². The monoisotopic (exact) mass is 393 g/mol. The third-order valence-electron chi connectivity index (χ3n) is 4.10. The molecule has 3 aromatic rings. The highest BCUT2D eigenvalue weighted by Gasteiger charge is 2.12. The molecule has 0 aliphatic rings. The quantitative estimate of drug-likeness (QED) is 0.419. The highest BCUT2D eigenvalue weighted by atomic mass is 32.2. The van der Waals surface area contributed by atoms with Crippen molar-refractivity contribution in [2.24, 2.45) is 0 Å². The molecule has 0 saturated heterocycles. The normalized spacial score (nSPS) is 10.3. The smallest absolute Gasteiger partial charge is 0.255 e. The van der Waals surface area contributed by atoms with Crippen molar-refractivity contribution in [1.29, 1.82) is 0 Å². The standard InChI is InChI=1S/C23H23NO3S/c1-28-20-13-11-18(12-14-20)17-24-23(25)21-9-5-6-10-22(21)27-16-15-26-19-7-3-2-4-8-19/h2-14H,15-17H2,1H3,(H,24,25). The fourth-order valence-corrected chi connectivity index (χ4v) is 3.04. The number of amides is 1. The predicted octanol–water partition coefficient (Wildman–Crippen LogP) is 4.80. The van der Waals surface area contributed by atoms with E-state index in [4.69, 9.17) is 9.47 Å². The molecule has 0 atom stereocenters. The van der Waals surface area contributed by atoms with E-state index in [1.807, 2.05) is 60.9 Å². The van der Waals surface area contributed by atoms with Gasteiger partial charge in [-0.05, 0) is 48.2 Å². The van der Waals surface area contributed by atoms with Crippen LogP contribution in [-0.4, -0.2) is 25.4 Å². The van der Waals surface area contributed by atoms with Gasteiger partial charge in [0.25, 0.3) is 5.91 Å². The van der Waals surface area contributed by atoms with Gasteiger partial charge in [0.2, 0.25) is 0 Å². The lowest BCUT2D eigenvalue weighted by Crippen LogP contribution is -2.23. The van der Waals surface area contributed by atoms with E-state index in [1.165, 1.54) is 4.90 Å². The zero-order valence-electron chi connectivity index (χ0n) is 15.8. The van der Waals surface area contributed by atoms with Crippen LogP contribution in [-0.2, 0) is 6.54 Å². The minimum Gasteiger partial charge on any atom is -0.490 e. The molecule has 0 radical (unpaired) electrons. The maximum atomic E-state index is 12.6. The average molecular weight is 394 g/mol. The van der Waals surface area contributed by atoms with Crippen LogP contribution in [0.5, 0.6) is 11.5 Å². The minimum atomic E-state index is -0.159. The number of rotatable bonds is 9. The minimum absolute atomic E-state index is 0.159. The van der Waals surface area contributed by atoms with Crippen LogP contribution < -0.4 is 14.8 Å². The molecule has 3 rings (SSSR count). The van der Waals surface area contributed by atoms with E-state index < -0.39 is 0 Å². The van der Waals surface area contributed by atoms with Gasteiger partial charge in [0.15, 0.2) is 0 Å². The molecule has 0 unspecified atom stereocenters. The number of hydrogen-bond acceptors (Lipinski definition) is 4. The summed E-state index contributed by atoms with van der Waals surface area (Å²) >= 11 is 1.69. The number of hydrogen-bond donors (Lipinski definition) is 1. The van der Waals surface area contributed by atoms with Crippen molar-refractivity contribution in [2.75, 3.05) is 19.5 Å². The Labute approximate surface area is 169 Å². The number of carbonyl (C=O) groups is 1. The fourth-order valence-electron chi connectivity index (χ4n) is 2.63. The zero-order chi connectivity index (χ0) is 19.6. The van der Waals surface area contributed by atoms with E-state index in [-0.39, 0.29) is 5.91 Å². The Morgan fingerprint density at radius 3 is 2.29 bits per heavy atom. The van der Waals surface area contributed by atoms with Crippen LogP contribution in [0, 0.1) is 0 Å². The summed E-state index contributed by atoms with van der Waals surface area (Å²) in [6.45, 7) is 1.23. The Kier molecular flexibility index (Phi) is 7.38. The summed E-state index contributed by atoms with van der Waals surface area (Å²) in [7, 11) is 0. The lowest BCUT2D eigenvalue weighted by molar-refractivity contribution is 0.0945. The molecule has 0 saturated carbocycles. The van der Waals surface area contributed by atoms with Gasteiger partial charge in [-0.25, -0.2) is 0 Å². The van der Waals surface area contributed by atoms with Crippen LogP contribution in [0.25, 0.3) is 0 Å². The summed E-state index contributed by atoms with van der Waals surface area (Å²) in [5.41, 5.74) is 1.57. The van der Waals surface area contributed by atoms with Crippen molar-refractivity contribution in [3.8, 4) is 11.5 Å². The summed E-state index contributed by atoms with van der Waals surface area (Å²) in [6, 6.07) is 25.0. The van der Waals surface area contributed by atoms with Gasteiger partial charge in [-0.3, -0.25) is 4.79 Å². The largest absolute Gasteiger partial charge is 0.490 e. The summed E-state index contributed by atoms with van der Waals surface area (Å²) in [6.07, 6.45) is 2.04. The molecule has 0 fully saturated rings. The van der Waals surface area contributed by atoms with Crippen molar-refractivity contribution < 1.29 is 14.3 Å². The van der Waals surface area contributed by atoms with Crippen LogP contribution in [0.4, 0.5) is 0 Å². The highest BCUT2D eigenvalue weighted by molar-refractivity contribution is 7.98. The topological polar surface area (TPSA) is 47.6 Å². The molecular formula is C23H23NO3S. The van der Waals surface area contributed by atoms with Crippen molar-refractivity contribution in [3.63, 3.8) is 0 Å². The average Bonchev–Trinajstić information content (AvgIpc) is 2.76. The maximum absolute atomic E-state index is 12.6. The van der Waals surface area contributed by atoms with Crippen LogP contribution in [0.2, 0.25) is 0 Å². The molecule has 0 heterocycles. The summed E-state index contributed by atoms with van der Waals surface area (Å²) in [5.74, 6) is 1.19. The second-order valence-corrected chi connectivity index (χ2v) is 6.92. The molecule has 0 aromatic heterocycles. The van der Waals surface area contributed by atoms with Gasteiger partial charge >= 0.3 is 0 Å². The summed E-state index contributed by atoms with van der Waals surface area (Å²) in [4.78, 5) is 13.8. The lowest BCUT2D eigenvalue weighted by Gasteiger charge is -2.12. The van der Waals surface area contributed by atoms with Crippen molar-refractivity contribution in [1.82, 2.24) is 5.32 Å². The number of ether oxygens (including phenoxy) is 2. The molecule has 0 bridgehead atoms. The molecule has 3 aromatic carbocycles. The number of para-hydroxylation sites is 2. The van der Waals surface area contributed by atoms with Gasteiger partial charge < -0.3 is 14.8 Å². The van der Waals surface area contributed by atoms with Crippen LogP contribution in [0.1, 0.15) is 15.9 Å². The van der Waals surface area contributed by atoms with E-state index in [1.54, 1.807) is 23.9 Å². The van der Waals surface area contributed by atoms with E-state index in [9.17, 15) is 4.79 Å². The Morgan fingerprint density at radius 2 is 1.54 bits per heavy atom. The molecule has 0 aliphatic carbocycles. The Hall–Kier alpha value is -2.92. The predicted molar refractivity (Wildman–Crippen MR) is 113 cm³/mol. The van der Waals surface area contributed by atoms with Gasteiger partial charge in [-0.15, -0.1) is 11.8 Å². The van der Waals surface area contributed by atoms with E-state index in [0.717, 1.165) is 11.3 Å². The fraction of sp³-hybridized carbons (Fsp3) is 0.174. The first-order valence-electron chi connectivity index (χ1n) is 9.07. The molecule has 1 amide bonds. The van der Waals surface area contributed by atoms with E-state index >= 15 is 0 Å². The maximum Gasteiger partial charge on any atom is 0.255 e. The van der Waals surface area contributed by atoms with Crippen LogP contribution in [0.15, 0.2) is 83.8 Å². The first-order valence-corrected chi connectivity index (χ1v) is 10.3. The number of nitrogens with one attached hydrogen (secondary N) is 1. The van der Waals surface area contributed by atoms with Crippen molar-refractivity contribution >= 4 is 17.7 Å². The molecule has 4 nitrogen and oxygen atoms in total. The lowest BCUT2D eigenvalue weighted by atomic mass is 10.1. The highest BCUT2D eigenvalue weighted by Crippen LogP contribution is 2.19. The second kappa shape index (κ2) is 10.4. The van der Waals surface area contributed by atoms with Crippen molar-refractivity contribution in [3.05, 3.63) is 90.0 Å². The van der Waals surface area contributed by atoms with Gasteiger partial charge in [0.05, 0.1) is 5.56 Å². The number of carbonyl (C=O) groups excluding carboxylic acids is 1. The molecular weight excluding hydrogens is 370 g/mol. The summed E-state index contributed by atoms with van der Waals surface area (Å²) in [5, 5.41) is 2.95. The molecule has 0 aliphatic heterocycles. The zero-order valence-corrected chi connectivity index (χ0v) is 16.6. The molecule has 144 valence electrons. The third-order valence-corrected chi connectivity index (χ3v) is 4.84. The van der Waals surface area contributed by atoms with Gasteiger partial charge in [-0.2, -0.15) is 0 Å². The Morgan fingerprint density at radius 1 is 0.857 bits per heavy atom. The van der Waals surface area contributed by atoms with Crippen molar-refractivity contribution in [2.45, 2.75) is 11.4 Å². The Balaban J connectivity index is 1.52. The second-order valence-electron chi connectivity index (χ2n) is 6.04. The summed E-state index contributed by atoms with van der Waals surface area (Å²) < 4.78 is 11.4. The van der Waals surface area contributed by atoms with Crippen LogP contribution in [0.3, 0.4) is 0 Å². The first kappa shape index (κ1) is 19.8. The SMILES string of the molecule is CSc1ccc(CNC(=O)c2ccccc2OCCOc2ccccc2)cc1. The van der Waals surface area contributed by atoms with E-state index in [2.05, 4.69) is 17.4 Å². The van der Waals surface area contributed by atoms with Gasteiger partial charge in [0, 0.05) is 11.4 Å². The van der Waals surface area contributed by atoms with Crippen LogP contribution >= 0.6 is 11.8 Å².